The van der Waals surface area contributed by atoms with E-state index in [-0.39, 0.29) is 5.69 Å². The highest BCUT2D eigenvalue weighted by Crippen LogP contribution is 2.22. The minimum atomic E-state index is -1.04. The Morgan fingerprint density at radius 1 is 1.42 bits per heavy atom. The number of fused-ring (bicyclic) bond motifs is 1. The average Bonchev–Trinajstić information content (AvgIpc) is 2.93. The molecule has 96 valence electrons. The number of carboxylic acid groups (broad SMARTS) is 1. The maximum atomic E-state index is 11.3. The molecule has 3 heterocycles. The third-order valence-electron chi connectivity index (χ3n) is 2.87. The van der Waals surface area contributed by atoms with Crippen molar-refractivity contribution in [1.29, 1.82) is 0 Å². The second-order valence-electron chi connectivity index (χ2n) is 4.23. The Morgan fingerprint density at radius 3 is 2.84 bits per heavy atom. The van der Waals surface area contributed by atoms with Gasteiger partial charge in [-0.2, -0.15) is 10.2 Å². The highest BCUT2D eigenvalue weighted by atomic mass is 16.4. The molecular formula is C12H11N5O2. The molecule has 0 aliphatic carbocycles. The van der Waals surface area contributed by atoms with E-state index in [2.05, 4.69) is 15.2 Å². The number of nitrogens with zero attached hydrogens (tertiary/aromatic N) is 5. The van der Waals surface area contributed by atoms with Gasteiger partial charge >= 0.3 is 5.97 Å². The van der Waals surface area contributed by atoms with Gasteiger partial charge in [0.1, 0.15) is 0 Å². The number of carbonyl (C=O) groups is 1. The van der Waals surface area contributed by atoms with Gasteiger partial charge in [0.25, 0.3) is 0 Å². The summed E-state index contributed by atoms with van der Waals surface area (Å²) in [7, 11) is 1.81. The van der Waals surface area contributed by atoms with Gasteiger partial charge in [-0.3, -0.25) is 4.68 Å². The molecule has 0 bridgehead atoms. The monoisotopic (exact) mass is 257 g/mol. The maximum absolute atomic E-state index is 11.3. The van der Waals surface area contributed by atoms with Crippen molar-refractivity contribution < 1.29 is 9.90 Å². The summed E-state index contributed by atoms with van der Waals surface area (Å²) in [6.45, 7) is 1.86. The fourth-order valence-corrected chi connectivity index (χ4v) is 2.05. The summed E-state index contributed by atoms with van der Waals surface area (Å²) in [5.74, 6) is -1.04. The van der Waals surface area contributed by atoms with Crippen LogP contribution in [0.5, 0.6) is 0 Å². The molecule has 3 rings (SSSR count). The van der Waals surface area contributed by atoms with Gasteiger partial charge in [0.15, 0.2) is 11.3 Å². The third kappa shape index (κ3) is 1.75. The number of aromatic nitrogens is 5. The van der Waals surface area contributed by atoms with E-state index in [1.54, 1.807) is 10.7 Å². The van der Waals surface area contributed by atoms with Crippen molar-refractivity contribution in [3.05, 3.63) is 35.9 Å². The van der Waals surface area contributed by atoms with Crippen LogP contribution in [0.25, 0.3) is 16.9 Å². The smallest absolute Gasteiger partial charge is 0.354 e. The Kier molecular flexibility index (Phi) is 2.34. The van der Waals surface area contributed by atoms with Gasteiger partial charge in [-0.25, -0.2) is 14.3 Å². The summed E-state index contributed by atoms with van der Waals surface area (Å²) < 4.78 is 2.98. The molecule has 1 N–H and O–H groups in total. The maximum Gasteiger partial charge on any atom is 0.354 e. The number of rotatable bonds is 2. The fourth-order valence-electron chi connectivity index (χ4n) is 2.05. The van der Waals surface area contributed by atoms with Gasteiger partial charge < -0.3 is 5.11 Å². The largest absolute Gasteiger partial charge is 0.477 e. The molecule has 0 fully saturated rings. The quantitative estimate of drug-likeness (QED) is 0.744. The van der Waals surface area contributed by atoms with E-state index >= 15 is 0 Å². The Hall–Kier alpha value is -2.70. The van der Waals surface area contributed by atoms with Gasteiger partial charge in [0, 0.05) is 24.9 Å². The first-order valence-electron chi connectivity index (χ1n) is 5.65. The Bertz CT molecular complexity index is 787. The predicted molar refractivity (Wildman–Crippen MR) is 66.9 cm³/mol. The normalized spacial score (nSPS) is 11.1. The second kappa shape index (κ2) is 3.91. The Morgan fingerprint density at radius 2 is 2.21 bits per heavy atom. The number of hydrogen-bond acceptors (Lipinski definition) is 4. The van der Waals surface area contributed by atoms with E-state index < -0.39 is 5.97 Å². The Labute approximate surface area is 108 Å². The van der Waals surface area contributed by atoms with E-state index in [9.17, 15) is 9.90 Å². The van der Waals surface area contributed by atoms with Gasteiger partial charge in [-0.05, 0) is 13.0 Å². The molecule has 3 aromatic rings. The summed E-state index contributed by atoms with van der Waals surface area (Å²) in [4.78, 5) is 15.7. The summed E-state index contributed by atoms with van der Waals surface area (Å²) >= 11 is 0. The summed E-state index contributed by atoms with van der Waals surface area (Å²) in [5, 5.41) is 17.4. The van der Waals surface area contributed by atoms with Crippen LogP contribution in [0.3, 0.4) is 0 Å². The molecule has 19 heavy (non-hydrogen) atoms. The van der Waals surface area contributed by atoms with Gasteiger partial charge in [-0.15, -0.1) is 0 Å². The summed E-state index contributed by atoms with van der Waals surface area (Å²) in [5.41, 5.74) is 2.77. The van der Waals surface area contributed by atoms with Crippen molar-refractivity contribution in [3.8, 4) is 11.3 Å². The first-order valence-corrected chi connectivity index (χ1v) is 5.65. The lowest BCUT2D eigenvalue weighted by molar-refractivity contribution is 0.0687. The van der Waals surface area contributed by atoms with Crippen LogP contribution < -0.4 is 0 Å². The highest BCUT2D eigenvalue weighted by Gasteiger charge is 2.15. The molecule has 0 atom stereocenters. The van der Waals surface area contributed by atoms with Crippen LogP contribution in [-0.4, -0.2) is 35.5 Å². The Balaban J connectivity index is 2.30. The van der Waals surface area contributed by atoms with Crippen LogP contribution in [0.15, 0.2) is 24.5 Å². The van der Waals surface area contributed by atoms with Gasteiger partial charge in [0.2, 0.25) is 0 Å². The van der Waals surface area contributed by atoms with Crippen LogP contribution >= 0.6 is 0 Å². The molecule has 0 radical (unpaired) electrons. The van der Waals surface area contributed by atoms with Gasteiger partial charge in [-0.1, -0.05) is 0 Å². The van der Waals surface area contributed by atoms with E-state index in [0.29, 0.717) is 11.3 Å². The van der Waals surface area contributed by atoms with E-state index in [1.165, 1.54) is 16.8 Å². The molecule has 0 saturated carbocycles. The molecule has 3 aromatic heterocycles. The molecule has 0 unspecified atom stereocenters. The lowest BCUT2D eigenvalue weighted by Crippen LogP contribution is -2.08. The molecule has 0 saturated heterocycles. The average molecular weight is 257 g/mol. The van der Waals surface area contributed by atoms with Crippen LogP contribution in [0, 0.1) is 6.92 Å². The molecule has 0 aliphatic heterocycles. The molecule has 0 amide bonds. The van der Waals surface area contributed by atoms with Crippen LogP contribution in [0.2, 0.25) is 0 Å². The fraction of sp³-hybridized carbons (Fsp3) is 0.167. The van der Waals surface area contributed by atoms with E-state index in [4.69, 9.17) is 0 Å². The zero-order chi connectivity index (χ0) is 13.6. The zero-order valence-electron chi connectivity index (χ0n) is 10.4. The predicted octanol–water partition coefficient (Wildman–Crippen LogP) is 1.14. The topological polar surface area (TPSA) is 85.3 Å². The lowest BCUT2D eigenvalue weighted by Gasteiger charge is -2.03. The summed E-state index contributed by atoms with van der Waals surface area (Å²) in [6.07, 6.45) is 3.34. The first-order chi connectivity index (χ1) is 9.06. The number of aromatic carboxylic acids is 1. The van der Waals surface area contributed by atoms with Crippen molar-refractivity contribution in [1.82, 2.24) is 24.4 Å². The van der Waals surface area contributed by atoms with Crippen molar-refractivity contribution in [3.63, 3.8) is 0 Å². The number of hydrogen-bond donors (Lipinski definition) is 1. The van der Waals surface area contributed by atoms with Crippen molar-refractivity contribution in [2.75, 3.05) is 0 Å². The molecule has 0 aromatic carbocycles. The molecule has 0 spiro atoms. The van der Waals surface area contributed by atoms with E-state index in [1.807, 2.05) is 20.2 Å². The number of carboxylic acids is 1. The highest BCUT2D eigenvalue weighted by molar-refractivity contribution is 5.88. The van der Waals surface area contributed by atoms with Crippen LogP contribution in [-0.2, 0) is 7.05 Å². The zero-order valence-corrected chi connectivity index (χ0v) is 10.4. The first kappa shape index (κ1) is 11.4. The second-order valence-corrected chi connectivity index (χ2v) is 4.23. The van der Waals surface area contributed by atoms with Gasteiger partial charge in [0.05, 0.1) is 17.6 Å². The van der Waals surface area contributed by atoms with Crippen molar-refractivity contribution >= 4 is 11.6 Å². The van der Waals surface area contributed by atoms with Crippen LogP contribution in [0.4, 0.5) is 0 Å². The molecule has 0 aliphatic rings. The minimum Gasteiger partial charge on any atom is -0.477 e. The van der Waals surface area contributed by atoms with E-state index in [0.717, 1.165) is 11.3 Å². The number of aryl methyl sites for hydroxylation is 2. The van der Waals surface area contributed by atoms with Crippen molar-refractivity contribution in [2.24, 2.45) is 7.05 Å². The summed E-state index contributed by atoms with van der Waals surface area (Å²) in [6, 6.07) is 3.17. The SMILES string of the molecule is Cc1nn(C)cc1-c1cc(C(=O)O)n2nccc2n1. The molecule has 7 nitrogen and oxygen atoms in total. The lowest BCUT2D eigenvalue weighted by atomic mass is 10.1. The molecular weight excluding hydrogens is 246 g/mol. The minimum absolute atomic E-state index is 0.0771. The third-order valence-corrected chi connectivity index (χ3v) is 2.87. The standard InChI is InChI=1S/C12H11N5O2/c1-7-8(6-16(2)15-7)9-5-10(12(18)19)17-11(14-9)3-4-13-17/h3-6H,1-2H3,(H,18,19). The molecule has 7 heteroatoms. The van der Waals surface area contributed by atoms with Crippen LogP contribution in [0.1, 0.15) is 16.2 Å². The van der Waals surface area contributed by atoms with Crippen molar-refractivity contribution in [2.45, 2.75) is 6.92 Å².